The first-order chi connectivity index (χ1) is 16.1. The third-order valence-electron chi connectivity index (χ3n) is 6.41. The van der Waals surface area contributed by atoms with Crippen LogP contribution in [0.5, 0.6) is 5.75 Å². The van der Waals surface area contributed by atoms with Crippen LogP contribution in [0.2, 0.25) is 0 Å². The van der Waals surface area contributed by atoms with Crippen molar-refractivity contribution in [2.75, 3.05) is 20.2 Å². The monoisotopic (exact) mass is 443 g/mol. The second-order valence-corrected chi connectivity index (χ2v) is 8.48. The SMILES string of the molecule is COc1ccccc1[C@@H]1CC(c2ccc(F)cc2)=NN1C(=O)CN1CCc2ccccc2C1. The maximum Gasteiger partial charge on any atom is 0.257 e. The minimum Gasteiger partial charge on any atom is -0.496 e. The molecule has 0 unspecified atom stereocenters. The molecule has 1 amide bonds. The van der Waals surface area contributed by atoms with Crippen LogP contribution >= 0.6 is 0 Å². The fourth-order valence-corrected chi connectivity index (χ4v) is 4.69. The van der Waals surface area contributed by atoms with Gasteiger partial charge in [-0.25, -0.2) is 9.40 Å². The van der Waals surface area contributed by atoms with Crippen LogP contribution < -0.4 is 4.74 Å². The first-order valence-corrected chi connectivity index (χ1v) is 11.2. The van der Waals surface area contributed by atoms with E-state index in [1.165, 1.54) is 23.3 Å². The number of carbonyl (C=O) groups excluding carboxylic acids is 1. The van der Waals surface area contributed by atoms with E-state index in [2.05, 4.69) is 23.1 Å². The van der Waals surface area contributed by atoms with E-state index in [0.717, 1.165) is 42.1 Å². The average Bonchev–Trinajstić information content (AvgIpc) is 3.30. The van der Waals surface area contributed by atoms with E-state index in [-0.39, 0.29) is 17.8 Å². The Morgan fingerprint density at radius 1 is 1.03 bits per heavy atom. The van der Waals surface area contributed by atoms with Crippen molar-refractivity contribution in [1.82, 2.24) is 9.91 Å². The number of hydrogen-bond donors (Lipinski definition) is 0. The molecule has 0 spiro atoms. The molecule has 1 atom stereocenters. The van der Waals surface area contributed by atoms with Crippen molar-refractivity contribution >= 4 is 11.6 Å². The summed E-state index contributed by atoms with van der Waals surface area (Å²) >= 11 is 0. The van der Waals surface area contributed by atoms with Crippen LogP contribution in [-0.4, -0.2) is 41.7 Å². The zero-order valence-electron chi connectivity index (χ0n) is 18.6. The largest absolute Gasteiger partial charge is 0.496 e. The highest BCUT2D eigenvalue weighted by Gasteiger charge is 2.35. The Morgan fingerprint density at radius 3 is 2.55 bits per heavy atom. The van der Waals surface area contributed by atoms with Gasteiger partial charge in [0.05, 0.1) is 25.4 Å². The lowest BCUT2D eigenvalue weighted by atomic mass is 9.97. The molecule has 5 nitrogen and oxygen atoms in total. The zero-order chi connectivity index (χ0) is 22.8. The maximum absolute atomic E-state index is 13.5. The van der Waals surface area contributed by atoms with Gasteiger partial charge in [0.1, 0.15) is 11.6 Å². The number of halogens is 1. The summed E-state index contributed by atoms with van der Waals surface area (Å²) in [6.07, 6.45) is 1.48. The smallest absolute Gasteiger partial charge is 0.257 e. The highest BCUT2D eigenvalue weighted by molar-refractivity contribution is 6.03. The number of ether oxygens (including phenoxy) is 1. The summed E-state index contributed by atoms with van der Waals surface area (Å²) in [4.78, 5) is 15.7. The molecule has 2 aliphatic rings. The van der Waals surface area contributed by atoms with Gasteiger partial charge in [-0.2, -0.15) is 5.10 Å². The van der Waals surface area contributed by atoms with Gasteiger partial charge in [0.15, 0.2) is 0 Å². The number of fused-ring (bicyclic) bond motifs is 1. The minimum atomic E-state index is -0.295. The van der Waals surface area contributed by atoms with Gasteiger partial charge in [0.2, 0.25) is 0 Å². The molecule has 0 radical (unpaired) electrons. The molecule has 6 heteroatoms. The molecule has 0 aromatic heterocycles. The van der Waals surface area contributed by atoms with Crippen LogP contribution in [0.25, 0.3) is 0 Å². The number of rotatable bonds is 5. The minimum absolute atomic E-state index is 0.0533. The third-order valence-corrected chi connectivity index (χ3v) is 6.41. The van der Waals surface area contributed by atoms with Gasteiger partial charge in [-0.1, -0.05) is 54.6 Å². The number of para-hydroxylation sites is 1. The summed E-state index contributed by atoms with van der Waals surface area (Å²) in [6, 6.07) is 22.1. The van der Waals surface area contributed by atoms with Gasteiger partial charge >= 0.3 is 0 Å². The van der Waals surface area contributed by atoms with Crippen molar-refractivity contribution in [2.45, 2.75) is 25.4 Å². The zero-order valence-corrected chi connectivity index (χ0v) is 18.6. The van der Waals surface area contributed by atoms with E-state index < -0.39 is 0 Å². The Morgan fingerprint density at radius 2 is 1.76 bits per heavy atom. The van der Waals surface area contributed by atoms with Crippen LogP contribution in [0.4, 0.5) is 4.39 Å². The number of nitrogens with zero attached hydrogens (tertiary/aromatic N) is 3. The van der Waals surface area contributed by atoms with Crippen molar-refractivity contribution in [3.05, 3.63) is 101 Å². The van der Waals surface area contributed by atoms with Gasteiger partial charge in [0, 0.05) is 25.1 Å². The summed E-state index contributed by atoms with van der Waals surface area (Å²) in [6.45, 7) is 1.88. The number of benzene rings is 3. The van der Waals surface area contributed by atoms with E-state index in [0.29, 0.717) is 13.0 Å². The number of hydrogen-bond acceptors (Lipinski definition) is 4. The van der Waals surface area contributed by atoms with Gasteiger partial charge in [-0.05, 0) is 41.3 Å². The first kappa shape index (κ1) is 21.3. The Hall–Kier alpha value is -3.51. The van der Waals surface area contributed by atoms with Crippen LogP contribution in [-0.2, 0) is 17.8 Å². The van der Waals surface area contributed by atoms with Crippen molar-refractivity contribution in [3.8, 4) is 5.75 Å². The molecule has 5 rings (SSSR count). The third kappa shape index (κ3) is 4.39. The molecule has 0 aliphatic carbocycles. The normalized spacial score (nSPS) is 18.1. The topological polar surface area (TPSA) is 45.1 Å². The molecular weight excluding hydrogens is 417 g/mol. The molecule has 0 bridgehead atoms. The van der Waals surface area contributed by atoms with Gasteiger partial charge < -0.3 is 4.74 Å². The summed E-state index contributed by atoms with van der Waals surface area (Å²) in [5.41, 5.74) is 5.13. The lowest BCUT2D eigenvalue weighted by molar-refractivity contribution is -0.134. The Balaban J connectivity index is 1.42. The molecule has 2 heterocycles. The van der Waals surface area contributed by atoms with Crippen LogP contribution in [0.15, 0.2) is 77.9 Å². The Bertz CT molecular complexity index is 1190. The predicted octanol–water partition coefficient (Wildman–Crippen LogP) is 4.57. The maximum atomic E-state index is 13.5. The van der Waals surface area contributed by atoms with Crippen LogP contribution in [0.3, 0.4) is 0 Å². The molecule has 0 N–H and O–H groups in total. The summed E-state index contributed by atoms with van der Waals surface area (Å²) in [5.74, 6) is 0.377. The summed E-state index contributed by atoms with van der Waals surface area (Å²) in [5, 5.41) is 6.32. The van der Waals surface area contributed by atoms with E-state index in [1.54, 1.807) is 24.3 Å². The van der Waals surface area contributed by atoms with Crippen LogP contribution in [0, 0.1) is 5.82 Å². The van der Waals surface area contributed by atoms with Crippen molar-refractivity contribution in [2.24, 2.45) is 5.10 Å². The van der Waals surface area contributed by atoms with E-state index >= 15 is 0 Å². The summed E-state index contributed by atoms with van der Waals surface area (Å²) < 4.78 is 19.0. The highest BCUT2D eigenvalue weighted by atomic mass is 19.1. The molecule has 33 heavy (non-hydrogen) atoms. The molecule has 3 aromatic rings. The lowest BCUT2D eigenvalue weighted by Crippen LogP contribution is -2.40. The molecule has 0 saturated carbocycles. The van der Waals surface area contributed by atoms with Gasteiger partial charge in [0.25, 0.3) is 5.91 Å². The van der Waals surface area contributed by atoms with E-state index in [9.17, 15) is 9.18 Å². The molecule has 3 aromatic carbocycles. The molecule has 0 saturated heterocycles. The predicted molar refractivity (Wildman–Crippen MR) is 126 cm³/mol. The van der Waals surface area contributed by atoms with E-state index in [1.807, 2.05) is 30.3 Å². The number of amides is 1. The van der Waals surface area contributed by atoms with Crippen LogP contribution in [0.1, 0.15) is 34.7 Å². The average molecular weight is 444 g/mol. The lowest BCUT2D eigenvalue weighted by Gasteiger charge is -2.30. The van der Waals surface area contributed by atoms with E-state index in [4.69, 9.17) is 9.84 Å². The summed E-state index contributed by atoms with van der Waals surface area (Å²) in [7, 11) is 1.63. The Kier molecular flexibility index (Phi) is 5.92. The number of carbonyl (C=O) groups is 1. The van der Waals surface area contributed by atoms with Gasteiger partial charge in [-0.3, -0.25) is 9.69 Å². The quantitative estimate of drug-likeness (QED) is 0.580. The Labute approximate surface area is 193 Å². The molecule has 2 aliphatic heterocycles. The second kappa shape index (κ2) is 9.16. The number of hydrazone groups is 1. The van der Waals surface area contributed by atoms with Crippen molar-refractivity contribution in [3.63, 3.8) is 0 Å². The standard InChI is InChI=1S/C27H26FN3O2/c1-33-26-9-5-4-8-23(26)25-16-24(20-10-12-22(28)13-11-20)29-31(25)27(32)18-30-15-14-19-6-2-3-7-21(19)17-30/h2-13,25H,14-18H2,1H3/t25-/m0/s1. The van der Waals surface area contributed by atoms with Crippen molar-refractivity contribution < 1.29 is 13.9 Å². The highest BCUT2D eigenvalue weighted by Crippen LogP contribution is 2.37. The molecule has 168 valence electrons. The molecular formula is C27H26FN3O2. The van der Waals surface area contributed by atoms with Crippen molar-refractivity contribution in [1.29, 1.82) is 0 Å². The molecule has 0 fully saturated rings. The second-order valence-electron chi connectivity index (χ2n) is 8.48. The fraction of sp³-hybridized carbons (Fsp3) is 0.259. The fourth-order valence-electron chi connectivity index (χ4n) is 4.69. The van der Waals surface area contributed by atoms with Gasteiger partial charge in [-0.15, -0.1) is 0 Å². The number of methoxy groups -OCH3 is 1. The first-order valence-electron chi connectivity index (χ1n) is 11.2.